The SMILES string of the molecule is Cc1oc(-c2cccs2)nc1CN1CCN(C(=O)N(C)C)CC1. The van der Waals surface area contributed by atoms with Crippen LogP contribution in [0.5, 0.6) is 0 Å². The molecule has 1 aliphatic rings. The summed E-state index contributed by atoms with van der Waals surface area (Å²) in [6.45, 7) is 5.97. The molecule has 2 aromatic rings. The van der Waals surface area contributed by atoms with Crippen molar-refractivity contribution >= 4 is 17.4 Å². The van der Waals surface area contributed by atoms with Crippen LogP contribution < -0.4 is 0 Å². The highest BCUT2D eigenvalue weighted by molar-refractivity contribution is 7.13. The van der Waals surface area contributed by atoms with E-state index in [1.54, 1.807) is 30.3 Å². The Morgan fingerprint density at radius 1 is 1.35 bits per heavy atom. The number of aryl methyl sites for hydroxylation is 1. The number of thiophene rings is 1. The smallest absolute Gasteiger partial charge is 0.319 e. The number of piperazine rings is 1. The molecule has 2 amide bonds. The van der Waals surface area contributed by atoms with E-state index in [1.807, 2.05) is 29.3 Å². The van der Waals surface area contributed by atoms with E-state index in [0.717, 1.165) is 49.1 Å². The summed E-state index contributed by atoms with van der Waals surface area (Å²) in [6, 6.07) is 4.10. The average Bonchev–Trinajstić information content (AvgIpc) is 3.18. The van der Waals surface area contributed by atoms with Crippen LogP contribution in [-0.4, -0.2) is 66.0 Å². The lowest BCUT2D eigenvalue weighted by atomic mass is 10.2. The Morgan fingerprint density at radius 2 is 2.09 bits per heavy atom. The van der Waals surface area contributed by atoms with Gasteiger partial charge in [0.15, 0.2) is 0 Å². The maximum absolute atomic E-state index is 12.0. The molecule has 2 aromatic heterocycles. The van der Waals surface area contributed by atoms with Gasteiger partial charge in [-0.05, 0) is 18.4 Å². The summed E-state index contributed by atoms with van der Waals surface area (Å²) in [7, 11) is 3.58. The molecule has 0 N–H and O–H groups in total. The van der Waals surface area contributed by atoms with E-state index in [2.05, 4.69) is 9.88 Å². The van der Waals surface area contributed by atoms with Crippen LogP contribution in [-0.2, 0) is 6.54 Å². The molecule has 0 aromatic carbocycles. The first-order chi connectivity index (χ1) is 11.0. The van der Waals surface area contributed by atoms with Gasteiger partial charge in [0.05, 0.1) is 10.6 Å². The van der Waals surface area contributed by atoms with Gasteiger partial charge in [-0.2, -0.15) is 0 Å². The Hall–Kier alpha value is -1.86. The molecule has 3 rings (SSSR count). The Kier molecular flexibility index (Phi) is 4.68. The molecular formula is C16H22N4O2S. The zero-order chi connectivity index (χ0) is 16.4. The molecule has 6 nitrogen and oxygen atoms in total. The highest BCUT2D eigenvalue weighted by atomic mass is 32.1. The predicted octanol–water partition coefficient (Wildman–Crippen LogP) is 2.51. The van der Waals surface area contributed by atoms with Gasteiger partial charge in [0.2, 0.25) is 5.89 Å². The Morgan fingerprint density at radius 3 is 2.70 bits per heavy atom. The molecule has 3 heterocycles. The zero-order valence-electron chi connectivity index (χ0n) is 13.8. The summed E-state index contributed by atoms with van der Waals surface area (Å²) in [6.07, 6.45) is 0. The molecule has 0 spiro atoms. The Bertz CT molecular complexity index is 658. The number of hydrogen-bond acceptors (Lipinski definition) is 5. The number of carbonyl (C=O) groups excluding carboxylic acids is 1. The third-order valence-corrected chi connectivity index (χ3v) is 4.88. The standard InChI is InChI=1S/C16H22N4O2S/c1-12-13(17-15(22-12)14-5-4-10-23-14)11-19-6-8-20(9-7-19)16(21)18(2)3/h4-5,10H,6-9,11H2,1-3H3. The summed E-state index contributed by atoms with van der Waals surface area (Å²) in [5.74, 6) is 1.58. The average molecular weight is 334 g/mol. The predicted molar refractivity (Wildman–Crippen MR) is 90.5 cm³/mol. The van der Waals surface area contributed by atoms with Crippen molar-refractivity contribution in [1.82, 2.24) is 19.7 Å². The van der Waals surface area contributed by atoms with Gasteiger partial charge in [0.25, 0.3) is 0 Å². The second kappa shape index (κ2) is 6.72. The van der Waals surface area contributed by atoms with Gasteiger partial charge in [-0.25, -0.2) is 9.78 Å². The fourth-order valence-corrected chi connectivity index (χ4v) is 3.32. The molecule has 1 aliphatic heterocycles. The number of oxazole rings is 1. The number of hydrogen-bond donors (Lipinski definition) is 0. The molecule has 0 atom stereocenters. The Balaban J connectivity index is 1.60. The fraction of sp³-hybridized carbons (Fsp3) is 0.500. The van der Waals surface area contributed by atoms with Crippen molar-refractivity contribution in [3.8, 4) is 10.8 Å². The van der Waals surface area contributed by atoms with Gasteiger partial charge in [-0.1, -0.05) is 6.07 Å². The molecule has 0 bridgehead atoms. The van der Waals surface area contributed by atoms with Crippen LogP contribution in [0.15, 0.2) is 21.9 Å². The zero-order valence-corrected chi connectivity index (χ0v) is 14.6. The normalized spacial score (nSPS) is 15.9. The minimum Gasteiger partial charge on any atom is -0.440 e. The monoisotopic (exact) mass is 334 g/mol. The summed E-state index contributed by atoms with van der Waals surface area (Å²) in [4.78, 5) is 23.5. The number of carbonyl (C=O) groups is 1. The third kappa shape index (κ3) is 3.56. The second-order valence-corrected chi connectivity index (χ2v) is 6.89. The van der Waals surface area contributed by atoms with Crippen molar-refractivity contribution in [3.63, 3.8) is 0 Å². The van der Waals surface area contributed by atoms with Crippen molar-refractivity contribution in [3.05, 3.63) is 29.0 Å². The van der Waals surface area contributed by atoms with E-state index >= 15 is 0 Å². The van der Waals surface area contributed by atoms with Crippen LogP contribution in [0.4, 0.5) is 4.79 Å². The quantitative estimate of drug-likeness (QED) is 0.865. The fourth-order valence-electron chi connectivity index (χ4n) is 2.67. The molecule has 7 heteroatoms. The van der Waals surface area contributed by atoms with E-state index < -0.39 is 0 Å². The first-order valence-corrected chi connectivity index (χ1v) is 8.61. The van der Waals surface area contributed by atoms with Crippen LogP contribution in [0.25, 0.3) is 10.8 Å². The van der Waals surface area contributed by atoms with Crippen LogP contribution >= 0.6 is 11.3 Å². The van der Waals surface area contributed by atoms with E-state index in [1.165, 1.54) is 0 Å². The van der Waals surface area contributed by atoms with Gasteiger partial charge in [-0.15, -0.1) is 11.3 Å². The van der Waals surface area contributed by atoms with Crippen molar-refractivity contribution in [2.24, 2.45) is 0 Å². The van der Waals surface area contributed by atoms with Crippen molar-refractivity contribution in [2.45, 2.75) is 13.5 Å². The molecule has 0 aliphatic carbocycles. The van der Waals surface area contributed by atoms with Crippen LogP contribution in [0.1, 0.15) is 11.5 Å². The van der Waals surface area contributed by atoms with Gasteiger partial charge in [0.1, 0.15) is 5.76 Å². The second-order valence-electron chi connectivity index (χ2n) is 5.94. The lowest BCUT2D eigenvalue weighted by molar-refractivity contribution is 0.119. The van der Waals surface area contributed by atoms with Gasteiger partial charge in [-0.3, -0.25) is 4.90 Å². The lowest BCUT2D eigenvalue weighted by Crippen LogP contribution is -2.51. The van der Waals surface area contributed by atoms with Crippen LogP contribution in [0, 0.1) is 6.92 Å². The number of rotatable bonds is 3. The number of amides is 2. The molecule has 23 heavy (non-hydrogen) atoms. The largest absolute Gasteiger partial charge is 0.440 e. The van der Waals surface area contributed by atoms with Crippen molar-refractivity contribution in [2.75, 3.05) is 40.3 Å². The van der Waals surface area contributed by atoms with Crippen LogP contribution in [0.2, 0.25) is 0 Å². The van der Waals surface area contributed by atoms with Crippen LogP contribution in [0.3, 0.4) is 0 Å². The molecule has 124 valence electrons. The van der Waals surface area contributed by atoms with Gasteiger partial charge >= 0.3 is 6.03 Å². The number of aromatic nitrogens is 1. The minimum absolute atomic E-state index is 0.0854. The summed E-state index contributed by atoms with van der Waals surface area (Å²) in [5, 5.41) is 2.02. The molecule has 1 fully saturated rings. The first-order valence-electron chi connectivity index (χ1n) is 7.73. The lowest BCUT2D eigenvalue weighted by Gasteiger charge is -2.35. The van der Waals surface area contributed by atoms with E-state index in [4.69, 9.17) is 4.42 Å². The minimum atomic E-state index is 0.0854. The summed E-state index contributed by atoms with van der Waals surface area (Å²) < 4.78 is 5.79. The molecule has 1 saturated heterocycles. The maximum Gasteiger partial charge on any atom is 0.319 e. The van der Waals surface area contributed by atoms with Crippen molar-refractivity contribution < 1.29 is 9.21 Å². The molecule has 0 radical (unpaired) electrons. The van der Waals surface area contributed by atoms with Gasteiger partial charge < -0.3 is 14.2 Å². The van der Waals surface area contributed by atoms with E-state index in [0.29, 0.717) is 5.89 Å². The van der Waals surface area contributed by atoms with Crippen molar-refractivity contribution in [1.29, 1.82) is 0 Å². The first kappa shape index (κ1) is 16.0. The highest BCUT2D eigenvalue weighted by Gasteiger charge is 2.23. The maximum atomic E-state index is 12.0. The molecular weight excluding hydrogens is 312 g/mol. The highest BCUT2D eigenvalue weighted by Crippen LogP contribution is 2.26. The van der Waals surface area contributed by atoms with E-state index in [-0.39, 0.29) is 6.03 Å². The Labute approximate surface area is 140 Å². The number of urea groups is 1. The molecule has 0 saturated carbocycles. The van der Waals surface area contributed by atoms with E-state index in [9.17, 15) is 4.79 Å². The summed E-state index contributed by atoms with van der Waals surface area (Å²) >= 11 is 1.63. The topological polar surface area (TPSA) is 52.8 Å². The third-order valence-electron chi connectivity index (χ3n) is 4.02. The molecule has 0 unspecified atom stereocenters. The number of nitrogens with zero attached hydrogens (tertiary/aromatic N) is 4. The van der Waals surface area contributed by atoms with Gasteiger partial charge in [0, 0.05) is 46.8 Å². The summed E-state index contributed by atoms with van der Waals surface area (Å²) in [5.41, 5.74) is 0.987.